The standard InChI is InChI=1S/C16H20N2/c1-12(2)14-7-5-13(6-8-14)10-16(17)15-4-3-9-18-11-15/h3-9,11-12,16H,10,17H2,1-2H3. The summed E-state index contributed by atoms with van der Waals surface area (Å²) in [6, 6.07) is 12.7. The van der Waals surface area contributed by atoms with Crippen molar-refractivity contribution in [3.8, 4) is 0 Å². The van der Waals surface area contributed by atoms with Crippen molar-refractivity contribution in [1.29, 1.82) is 0 Å². The van der Waals surface area contributed by atoms with Gasteiger partial charge < -0.3 is 5.73 Å². The molecule has 2 aromatic rings. The molecule has 2 nitrogen and oxygen atoms in total. The third-order valence-corrected chi connectivity index (χ3v) is 3.21. The number of pyridine rings is 1. The summed E-state index contributed by atoms with van der Waals surface area (Å²) in [6.45, 7) is 4.41. The third kappa shape index (κ3) is 3.17. The fourth-order valence-electron chi connectivity index (χ4n) is 2.01. The summed E-state index contributed by atoms with van der Waals surface area (Å²) in [5.41, 5.74) is 9.92. The van der Waals surface area contributed by atoms with E-state index in [1.54, 1.807) is 6.20 Å². The summed E-state index contributed by atoms with van der Waals surface area (Å²) >= 11 is 0. The number of hydrogen-bond acceptors (Lipinski definition) is 2. The van der Waals surface area contributed by atoms with Crippen LogP contribution in [-0.4, -0.2) is 4.98 Å². The summed E-state index contributed by atoms with van der Waals surface area (Å²) in [7, 11) is 0. The van der Waals surface area contributed by atoms with E-state index in [0.29, 0.717) is 5.92 Å². The van der Waals surface area contributed by atoms with Gasteiger partial charge in [-0.25, -0.2) is 0 Å². The minimum atomic E-state index is 0.0172. The molecule has 2 N–H and O–H groups in total. The highest BCUT2D eigenvalue weighted by atomic mass is 14.7. The van der Waals surface area contributed by atoms with Crippen molar-refractivity contribution in [2.24, 2.45) is 5.73 Å². The fourth-order valence-corrected chi connectivity index (χ4v) is 2.01. The van der Waals surface area contributed by atoms with Crippen LogP contribution in [-0.2, 0) is 6.42 Å². The fraction of sp³-hybridized carbons (Fsp3) is 0.312. The largest absolute Gasteiger partial charge is 0.324 e. The monoisotopic (exact) mass is 240 g/mol. The van der Waals surface area contributed by atoms with Crippen molar-refractivity contribution < 1.29 is 0 Å². The number of rotatable bonds is 4. The van der Waals surface area contributed by atoms with Crippen molar-refractivity contribution in [2.45, 2.75) is 32.2 Å². The molecule has 0 spiro atoms. The van der Waals surface area contributed by atoms with Gasteiger partial charge >= 0.3 is 0 Å². The molecule has 0 fully saturated rings. The van der Waals surface area contributed by atoms with Gasteiger partial charge in [0.1, 0.15) is 0 Å². The van der Waals surface area contributed by atoms with Gasteiger partial charge in [0.2, 0.25) is 0 Å². The molecule has 1 unspecified atom stereocenters. The Bertz CT molecular complexity index is 474. The van der Waals surface area contributed by atoms with Crippen molar-refractivity contribution in [3.63, 3.8) is 0 Å². The molecule has 1 atom stereocenters. The van der Waals surface area contributed by atoms with E-state index in [1.165, 1.54) is 11.1 Å². The third-order valence-electron chi connectivity index (χ3n) is 3.21. The lowest BCUT2D eigenvalue weighted by atomic mass is 9.97. The summed E-state index contributed by atoms with van der Waals surface area (Å²) < 4.78 is 0. The molecule has 0 amide bonds. The molecule has 1 aromatic heterocycles. The number of benzene rings is 1. The smallest absolute Gasteiger partial charge is 0.0351 e. The second kappa shape index (κ2) is 5.78. The van der Waals surface area contributed by atoms with Crippen LogP contribution >= 0.6 is 0 Å². The van der Waals surface area contributed by atoms with Crippen molar-refractivity contribution in [2.75, 3.05) is 0 Å². The maximum atomic E-state index is 6.18. The first-order chi connectivity index (χ1) is 8.66. The number of nitrogens with two attached hydrogens (primary N) is 1. The van der Waals surface area contributed by atoms with Crippen molar-refractivity contribution in [1.82, 2.24) is 4.98 Å². The molecule has 1 aromatic carbocycles. The molecule has 2 heteroatoms. The molecule has 1 heterocycles. The molecule has 18 heavy (non-hydrogen) atoms. The molecule has 0 saturated heterocycles. The lowest BCUT2D eigenvalue weighted by Gasteiger charge is -2.12. The minimum Gasteiger partial charge on any atom is -0.324 e. The van der Waals surface area contributed by atoms with Gasteiger partial charge in [0.25, 0.3) is 0 Å². The molecular formula is C16H20N2. The topological polar surface area (TPSA) is 38.9 Å². The molecule has 0 aliphatic heterocycles. The summed E-state index contributed by atoms with van der Waals surface area (Å²) in [4.78, 5) is 4.10. The quantitative estimate of drug-likeness (QED) is 0.889. The first kappa shape index (κ1) is 12.8. The van der Waals surface area contributed by atoms with Gasteiger partial charge in [-0.1, -0.05) is 44.2 Å². The molecule has 0 aliphatic rings. The molecule has 2 rings (SSSR count). The van der Waals surface area contributed by atoms with Gasteiger partial charge in [-0.2, -0.15) is 0 Å². The van der Waals surface area contributed by atoms with Gasteiger partial charge in [0.15, 0.2) is 0 Å². The number of hydrogen-bond donors (Lipinski definition) is 1. The first-order valence-electron chi connectivity index (χ1n) is 6.41. The zero-order valence-electron chi connectivity index (χ0n) is 11.0. The lowest BCUT2D eigenvalue weighted by Crippen LogP contribution is -2.13. The Labute approximate surface area is 109 Å². The average molecular weight is 240 g/mol. The Morgan fingerprint density at radius 3 is 2.33 bits per heavy atom. The second-order valence-corrected chi connectivity index (χ2v) is 4.99. The van der Waals surface area contributed by atoms with Crippen LogP contribution in [0.3, 0.4) is 0 Å². The van der Waals surface area contributed by atoms with Crippen LogP contribution in [0.25, 0.3) is 0 Å². The predicted octanol–water partition coefficient (Wildman–Crippen LogP) is 3.45. The maximum absolute atomic E-state index is 6.18. The van der Waals surface area contributed by atoms with Crippen molar-refractivity contribution in [3.05, 3.63) is 65.5 Å². The van der Waals surface area contributed by atoms with Crippen LogP contribution in [0.4, 0.5) is 0 Å². The lowest BCUT2D eigenvalue weighted by molar-refractivity contribution is 0.717. The van der Waals surface area contributed by atoms with Crippen LogP contribution in [0.1, 0.15) is 42.5 Å². The Hall–Kier alpha value is -1.67. The minimum absolute atomic E-state index is 0.0172. The zero-order chi connectivity index (χ0) is 13.0. The molecular weight excluding hydrogens is 220 g/mol. The molecule has 0 saturated carbocycles. The Morgan fingerprint density at radius 1 is 1.06 bits per heavy atom. The van der Waals surface area contributed by atoms with Crippen LogP contribution in [0.5, 0.6) is 0 Å². The van der Waals surface area contributed by atoms with Gasteiger partial charge in [0, 0.05) is 18.4 Å². The Balaban J connectivity index is 2.05. The normalized spacial score (nSPS) is 12.7. The maximum Gasteiger partial charge on any atom is 0.0351 e. The molecule has 94 valence electrons. The zero-order valence-corrected chi connectivity index (χ0v) is 11.0. The highest BCUT2D eigenvalue weighted by Gasteiger charge is 2.07. The SMILES string of the molecule is CC(C)c1ccc(CC(N)c2cccnc2)cc1. The van der Waals surface area contributed by atoms with Crippen LogP contribution < -0.4 is 5.73 Å². The second-order valence-electron chi connectivity index (χ2n) is 4.99. The van der Waals surface area contributed by atoms with Crippen molar-refractivity contribution >= 4 is 0 Å². The first-order valence-corrected chi connectivity index (χ1v) is 6.41. The van der Waals surface area contributed by atoms with E-state index in [2.05, 4.69) is 43.1 Å². The van der Waals surface area contributed by atoms with Gasteiger partial charge in [-0.15, -0.1) is 0 Å². The van der Waals surface area contributed by atoms with Crippen LogP contribution in [0, 0.1) is 0 Å². The van der Waals surface area contributed by atoms with Gasteiger partial charge in [-0.3, -0.25) is 4.98 Å². The number of aromatic nitrogens is 1. The summed E-state index contributed by atoms with van der Waals surface area (Å²) in [6.07, 6.45) is 4.46. The highest BCUT2D eigenvalue weighted by Crippen LogP contribution is 2.18. The summed E-state index contributed by atoms with van der Waals surface area (Å²) in [5, 5.41) is 0. The van der Waals surface area contributed by atoms with E-state index in [0.717, 1.165) is 12.0 Å². The van der Waals surface area contributed by atoms with E-state index < -0.39 is 0 Å². The number of nitrogens with zero attached hydrogens (tertiary/aromatic N) is 1. The predicted molar refractivity (Wildman–Crippen MR) is 75.4 cm³/mol. The van der Waals surface area contributed by atoms with E-state index >= 15 is 0 Å². The average Bonchev–Trinajstić information content (AvgIpc) is 2.40. The van der Waals surface area contributed by atoms with Gasteiger partial charge in [0.05, 0.1) is 0 Å². The Morgan fingerprint density at radius 2 is 1.78 bits per heavy atom. The van der Waals surface area contributed by atoms with E-state index in [1.807, 2.05) is 18.3 Å². The van der Waals surface area contributed by atoms with E-state index in [-0.39, 0.29) is 6.04 Å². The van der Waals surface area contributed by atoms with E-state index in [9.17, 15) is 0 Å². The van der Waals surface area contributed by atoms with Gasteiger partial charge in [-0.05, 0) is 35.1 Å². The van der Waals surface area contributed by atoms with Crippen LogP contribution in [0.15, 0.2) is 48.8 Å². The van der Waals surface area contributed by atoms with E-state index in [4.69, 9.17) is 5.73 Å². The summed E-state index contributed by atoms with van der Waals surface area (Å²) in [5.74, 6) is 0.575. The highest BCUT2D eigenvalue weighted by molar-refractivity contribution is 5.26. The van der Waals surface area contributed by atoms with Crippen LogP contribution in [0.2, 0.25) is 0 Å². The molecule has 0 bridgehead atoms. The molecule has 0 aliphatic carbocycles. The Kier molecular flexibility index (Phi) is 4.11. The molecule has 0 radical (unpaired) electrons.